The number of methoxy groups -OCH3 is 1. The molecule has 1 aromatic heterocycles. The van der Waals surface area contributed by atoms with Crippen molar-refractivity contribution in [1.82, 2.24) is 4.72 Å². The molecule has 0 saturated carbocycles. The molecule has 130 valence electrons. The lowest BCUT2D eigenvalue weighted by atomic mass is 10.0. The van der Waals surface area contributed by atoms with Crippen molar-refractivity contribution in [3.8, 4) is 5.75 Å². The Labute approximate surface area is 145 Å². The van der Waals surface area contributed by atoms with Gasteiger partial charge in [0.1, 0.15) is 16.0 Å². The Kier molecular flexibility index (Phi) is 5.98. The van der Waals surface area contributed by atoms with E-state index in [-0.39, 0.29) is 10.1 Å². The van der Waals surface area contributed by atoms with Crippen LogP contribution in [0.5, 0.6) is 5.75 Å². The molecule has 2 aromatic rings. The molecule has 1 aromatic carbocycles. The molecule has 0 radical (unpaired) electrons. The number of amides is 1. The average Bonchev–Trinajstić information content (AvgIpc) is 3.08. The molecular formula is C16H20N2O4S2. The normalized spacial score (nSPS) is 12.8. The number of rotatable bonds is 7. The minimum absolute atomic E-state index is 0.186. The van der Waals surface area contributed by atoms with E-state index in [0.717, 1.165) is 11.3 Å². The van der Waals surface area contributed by atoms with Crippen molar-refractivity contribution in [2.24, 2.45) is 5.92 Å². The number of carbonyl (C=O) groups excluding carboxylic acids is 1. The van der Waals surface area contributed by atoms with Gasteiger partial charge in [0.15, 0.2) is 0 Å². The van der Waals surface area contributed by atoms with Crippen LogP contribution in [0.2, 0.25) is 0 Å². The number of ether oxygens (including phenoxy) is 1. The first kappa shape index (κ1) is 18.4. The van der Waals surface area contributed by atoms with E-state index in [0.29, 0.717) is 11.4 Å². The number of thiophene rings is 1. The molecule has 0 fully saturated rings. The van der Waals surface area contributed by atoms with E-state index in [1.54, 1.807) is 56.7 Å². The third-order valence-corrected chi connectivity index (χ3v) is 6.19. The van der Waals surface area contributed by atoms with Crippen molar-refractivity contribution in [2.45, 2.75) is 24.1 Å². The quantitative estimate of drug-likeness (QED) is 0.787. The van der Waals surface area contributed by atoms with Crippen LogP contribution in [0.15, 0.2) is 46.0 Å². The molecule has 6 nitrogen and oxygen atoms in total. The van der Waals surface area contributed by atoms with E-state index in [9.17, 15) is 13.2 Å². The Balaban J connectivity index is 2.13. The highest BCUT2D eigenvalue weighted by Gasteiger charge is 2.28. The number of nitrogens with one attached hydrogen (secondary N) is 2. The van der Waals surface area contributed by atoms with E-state index in [2.05, 4.69) is 10.0 Å². The van der Waals surface area contributed by atoms with Gasteiger partial charge in [0.05, 0.1) is 7.11 Å². The van der Waals surface area contributed by atoms with Crippen molar-refractivity contribution in [3.63, 3.8) is 0 Å². The van der Waals surface area contributed by atoms with Crippen molar-refractivity contribution in [3.05, 3.63) is 41.8 Å². The third kappa shape index (κ3) is 4.56. The maximum atomic E-state index is 12.5. The van der Waals surface area contributed by atoms with Crippen LogP contribution in [0.4, 0.5) is 5.69 Å². The summed E-state index contributed by atoms with van der Waals surface area (Å²) < 4.78 is 32.4. The van der Waals surface area contributed by atoms with E-state index in [1.165, 1.54) is 6.07 Å². The second-order valence-electron chi connectivity index (χ2n) is 5.49. The number of hydrogen-bond acceptors (Lipinski definition) is 5. The molecule has 0 aliphatic rings. The fourth-order valence-electron chi connectivity index (χ4n) is 2.03. The Hall–Kier alpha value is -1.90. The molecule has 0 spiro atoms. The summed E-state index contributed by atoms with van der Waals surface area (Å²) in [6.45, 7) is 3.57. The summed E-state index contributed by atoms with van der Waals surface area (Å²) in [5, 5.41) is 4.40. The van der Waals surface area contributed by atoms with Gasteiger partial charge in [0, 0.05) is 5.69 Å². The standard InChI is InChI=1S/C16H20N2O4S2/c1-11(2)15(18-24(20,21)14-5-4-10-23-14)16(19)17-12-6-8-13(22-3)9-7-12/h4-11,15,18H,1-3H3,(H,17,19). The average molecular weight is 368 g/mol. The van der Waals surface area contributed by atoms with Crippen LogP contribution in [-0.2, 0) is 14.8 Å². The van der Waals surface area contributed by atoms with Crippen LogP contribution in [0.3, 0.4) is 0 Å². The first-order chi connectivity index (χ1) is 11.3. The summed E-state index contributed by atoms with van der Waals surface area (Å²) in [6, 6.07) is 9.11. The SMILES string of the molecule is COc1ccc(NC(=O)C(NS(=O)(=O)c2cccs2)C(C)C)cc1. The van der Waals surface area contributed by atoms with Crippen LogP contribution in [0.25, 0.3) is 0 Å². The highest BCUT2D eigenvalue weighted by Crippen LogP contribution is 2.19. The molecule has 1 amide bonds. The maximum absolute atomic E-state index is 12.5. The van der Waals surface area contributed by atoms with Crippen molar-refractivity contribution < 1.29 is 17.9 Å². The molecule has 0 bridgehead atoms. The monoisotopic (exact) mass is 368 g/mol. The number of carbonyl (C=O) groups is 1. The van der Waals surface area contributed by atoms with E-state index in [1.807, 2.05) is 0 Å². The smallest absolute Gasteiger partial charge is 0.250 e. The molecule has 1 heterocycles. The minimum Gasteiger partial charge on any atom is -0.497 e. The number of anilines is 1. The Morgan fingerprint density at radius 3 is 2.33 bits per heavy atom. The summed E-state index contributed by atoms with van der Waals surface area (Å²) in [7, 11) is -2.16. The van der Waals surface area contributed by atoms with Gasteiger partial charge in [-0.15, -0.1) is 11.3 Å². The minimum atomic E-state index is -3.72. The van der Waals surface area contributed by atoms with Gasteiger partial charge in [-0.05, 0) is 41.6 Å². The molecular weight excluding hydrogens is 348 g/mol. The Morgan fingerprint density at radius 2 is 1.83 bits per heavy atom. The number of sulfonamides is 1. The van der Waals surface area contributed by atoms with Crippen LogP contribution in [-0.4, -0.2) is 27.5 Å². The molecule has 2 rings (SSSR count). The van der Waals surface area contributed by atoms with Gasteiger partial charge in [-0.3, -0.25) is 4.79 Å². The highest BCUT2D eigenvalue weighted by molar-refractivity contribution is 7.91. The third-order valence-electron chi connectivity index (χ3n) is 3.35. The molecule has 8 heteroatoms. The molecule has 0 saturated heterocycles. The molecule has 1 unspecified atom stereocenters. The molecule has 1 atom stereocenters. The van der Waals surface area contributed by atoms with E-state index in [4.69, 9.17) is 4.74 Å². The predicted molar refractivity (Wildman–Crippen MR) is 94.9 cm³/mol. The zero-order valence-corrected chi connectivity index (χ0v) is 15.3. The lowest BCUT2D eigenvalue weighted by Crippen LogP contribution is -2.46. The van der Waals surface area contributed by atoms with Crippen LogP contribution in [0.1, 0.15) is 13.8 Å². The van der Waals surface area contributed by atoms with Gasteiger partial charge in [-0.1, -0.05) is 19.9 Å². The van der Waals surface area contributed by atoms with Gasteiger partial charge in [0.25, 0.3) is 10.0 Å². The van der Waals surface area contributed by atoms with Crippen molar-refractivity contribution in [1.29, 1.82) is 0 Å². The van der Waals surface area contributed by atoms with Gasteiger partial charge < -0.3 is 10.1 Å². The summed E-state index contributed by atoms with van der Waals surface area (Å²) in [5.41, 5.74) is 0.571. The van der Waals surface area contributed by atoms with E-state index < -0.39 is 22.0 Å². The Bertz CT molecular complexity index is 769. The summed E-state index contributed by atoms with van der Waals surface area (Å²) in [6.07, 6.45) is 0. The van der Waals surface area contributed by atoms with Gasteiger partial charge in [0.2, 0.25) is 5.91 Å². The maximum Gasteiger partial charge on any atom is 0.250 e. The van der Waals surface area contributed by atoms with E-state index >= 15 is 0 Å². The fraction of sp³-hybridized carbons (Fsp3) is 0.312. The largest absolute Gasteiger partial charge is 0.497 e. The van der Waals surface area contributed by atoms with Crippen LogP contribution >= 0.6 is 11.3 Å². The first-order valence-electron chi connectivity index (χ1n) is 7.34. The molecule has 24 heavy (non-hydrogen) atoms. The fourth-order valence-corrected chi connectivity index (χ4v) is 4.38. The van der Waals surface area contributed by atoms with Gasteiger partial charge >= 0.3 is 0 Å². The zero-order chi connectivity index (χ0) is 17.7. The zero-order valence-electron chi connectivity index (χ0n) is 13.6. The second kappa shape index (κ2) is 7.78. The van der Waals surface area contributed by atoms with Gasteiger partial charge in [-0.2, -0.15) is 4.72 Å². The van der Waals surface area contributed by atoms with Crippen LogP contribution < -0.4 is 14.8 Å². The Morgan fingerprint density at radius 1 is 1.17 bits per heavy atom. The molecule has 0 aliphatic carbocycles. The summed E-state index contributed by atoms with van der Waals surface area (Å²) in [5.74, 6) is 0.0556. The van der Waals surface area contributed by atoms with Crippen molar-refractivity contribution >= 4 is 33.0 Å². The summed E-state index contributed by atoms with van der Waals surface area (Å²) in [4.78, 5) is 12.5. The molecule has 2 N–H and O–H groups in total. The highest BCUT2D eigenvalue weighted by atomic mass is 32.2. The second-order valence-corrected chi connectivity index (χ2v) is 8.38. The van der Waals surface area contributed by atoms with Gasteiger partial charge in [-0.25, -0.2) is 8.42 Å². The lowest BCUT2D eigenvalue weighted by Gasteiger charge is -2.21. The first-order valence-corrected chi connectivity index (χ1v) is 9.70. The van der Waals surface area contributed by atoms with Crippen molar-refractivity contribution in [2.75, 3.05) is 12.4 Å². The topological polar surface area (TPSA) is 84.5 Å². The lowest BCUT2D eigenvalue weighted by molar-refractivity contribution is -0.118. The number of hydrogen-bond donors (Lipinski definition) is 2. The summed E-state index contributed by atoms with van der Waals surface area (Å²) >= 11 is 1.11. The molecule has 0 aliphatic heterocycles. The predicted octanol–water partition coefficient (Wildman–Crippen LogP) is 2.70. The van der Waals surface area contributed by atoms with Crippen LogP contribution in [0, 0.1) is 5.92 Å². The number of benzene rings is 1.